The van der Waals surface area contributed by atoms with Crippen molar-refractivity contribution in [3.8, 4) is 0 Å². The molecule has 1 unspecified atom stereocenters. The molecule has 0 N–H and O–H groups in total. The van der Waals surface area contributed by atoms with E-state index in [0.717, 1.165) is 148 Å². The van der Waals surface area contributed by atoms with E-state index in [4.69, 9.17) is 14.2 Å². The number of rotatable bonds is 50. The van der Waals surface area contributed by atoms with E-state index in [1.807, 2.05) is 0 Å². The van der Waals surface area contributed by atoms with Gasteiger partial charge in [-0.1, -0.05) is 219 Å². The molecular weight excluding hydrogens is 865 g/mol. The predicted octanol–water partition coefficient (Wildman–Crippen LogP) is 19.3. The van der Waals surface area contributed by atoms with Gasteiger partial charge in [-0.2, -0.15) is 0 Å². The molecule has 0 rings (SSSR count). The normalized spacial score (nSPS) is 13.0. The van der Waals surface area contributed by atoms with Crippen molar-refractivity contribution in [3.63, 3.8) is 0 Å². The van der Waals surface area contributed by atoms with Gasteiger partial charge in [-0.05, 0) is 128 Å². The van der Waals surface area contributed by atoms with Gasteiger partial charge in [0.1, 0.15) is 13.2 Å². The molecule has 0 saturated heterocycles. The summed E-state index contributed by atoms with van der Waals surface area (Å²) in [5.41, 5.74) is 0. The summed E-state index contributed by atoms with van der Waals surface area (Å²) < 4.78 is 16.8. The first kappa shape index (κ1) is 65.8. The summed E-state index contributed by atoms with van der Waals surface area (Å²) in [6.45, 7) is 6.35. The maximum Gasteiger partial charge on any atom is 0.306 e. The first-order valence-electron chi connectivity index (χ1n) is 28.5. The van der Waals surface area contributed by atoms with E-state index in [2.05, 4.69) is 142 Å². The molecular formula is C64H104O6. The highest BCUT2D eigenvalue weighted by molar-refractivity contribution is 5.71. The monoisotopic (exact) mass is 969 g/mol. The first-order chi connectivity index (χ1) is 34.5. The smallest absolute Gasteiger partial charge is 0.306 e. The van der Waals surface area contributed by atoms with Gasteiger partial charge >= 0.3 is 17.9 Å². The van der Waals surface area contributed by atoms with Crippen LogP contribution in [-0.2, 0) is 28.6 Å². The fourth-order valence-corrected chi connectivity index (χ4v) is 7.45. The van der Waals surface area contributed by atoms with Gasteiger partial charge < -0.3 is 14.2 Å². The molecule has 70 heavy (non-hydrogen) atoms. The fraction of sp³-hybridized carbons (Fsp3) is 0.641. The van der Waals surface area contributed by atoms with Crippen LogP contribution in [0.2, 0.25) is 0 Å². The van der Waals surface area contributed by atoms with Gasteiger partial charge in [-0.15, -0.1) is 0 Å². The third kappa shape index (κ3) is 54.7. The summed E-state index contributed by atoms with van der Waals surface area (Å²) in [4.78, 5) is 38.2. The molecule has 0 aliphatic rings. The van der Waals surface area contributed by atoms with Crippen LogP contribution in [0.3, 0.4) is 0 Å². The molecule has 0 heterocycles. The molecule has 0 amide bonds. The lowest BCUT2D eigenvalue weighted by Crippen LogP contribution is -2.30. The van der Waals surface area contributed by atoms with E-state index in [1.165, 1.54) is 57.8 Å². The lowest BCUT2D eigenvalue weighted by Gasteiger charge is -2.18. The topological polar surface area (TPSA) is 78.9 Å². The highest BCUT2D eigenvalue weighted by atomic mass is 16.6. The zero-order chi connectivity index (χ0) is 50.7. The largest absolute Gasteiger partial charge is 0.462 e. The third-order valence-corrected chi connectivity index (χ3v) is 11.7. The van der Waals surface area contributed by atoms with Gasteiger partial charge in [0.25, 0.3) is 0 Å². The van der Waals surface area contributed by atoms with Gasteiger partial charge in [0.15, 0.2) is 6.10 Å². The number of hydrogen-bond donors (Lipinski definition) is 0. The second kappa shape index (κ2) is 57.4. The molecule has 0 radical (unpaired) electrons. The van der Waals surface area contributed by atoms with Gasteiger partial charge in [-0.3, -0.25) is 14.4 Å². The molecule has 0 spiro atoms. The number of unbranched alkanes of at least 4 members (excludes halogenated alkanes) is 19. The third-order valence-electron chi connectivity index (χ3n) is 11.7. The van der Waals surface area contributed by atoms with Crippen molar-refractivity contribution in [1.82, 2.24) is 0 Å². The molecule has 396 valence electrons. The van der Waals surface area contributed by atoms with Crippen molar-refractivity contribution in [2.45, 2.75) is 252 Å². The zero-order valence-corrected chi connectivity index (χ0v) is 45.2. The predicted molar refractivity (Wildman–Crippen MR) is 302 cm³/mol. The highest BCUT2D eigenvalue weighted by Gasteiger charge is 2.19. The Morgan fingerprint density at radius 1 is 0.300 bits per heavy atom. The van der Waals surface area contributed by atoms with E-state index in [0.29, 0.717) is 19.3 Å². The molecule has 0 fully saturated rings. The number of carbonyl (C=O) groups is 3. The lowest BCUT2D eigenvalue weighted by molar-refractivity contribution is -0.167. The lowest BCUT2D eigenvalue weighted by atomic mass is 10.1. The van der Waals surface area contributed by atoms with Crippen molar-refractivity contribution in [1.29, 1.82) is 0 Å². The molecule has 6 heteroatoms. The van der Waals surface area contributed by atoms with Crippen LogP contribution < -0.4 is 0 Å². The molecule has 0 aromatic heterocycles. The summed E-state index contributed by atoms with van der Waals surface area (Å²) in [6.07, 6.45) is 79.0. The van der Waals surface area contributed by atoms with Gasteiger partial charge in [0.05, 0.1) is 0 Å². The Hall–Kier alpha value is -4.19. The number of esters is 3. The summed E-state index contributed by atoms with van der Waals surface area (Å²) in [5.74, 6) is -0.969. The van der Waals surface area contributed by atoms with E-state index >= 15 is 0 Å². The quantitative estimate of drug-likeness (QED) is 0.0262. The Bertz CT molecular complexity index is 1490. The standard InChI is InChI=1S/C64H104O6/c1-4-7-10-13-16-19-22-25-28-30-32-34-36-39-42-45-48-51-54-57-63(66)69-60-61(59-68-62(65)56-53-50-47-44-41-38-27-24-21-18-15-12-9-6-3)70-64(67)58-55-52-49-46-43-40-37-35-33-31-29-26-23-20-17-14-11-8-5-2/h7-8,10-11,16-17,19-20,25-26,28-29,32-35,38-39,41-42,61H,4-6,9,12-15,18,21-24,27,30-31,36-37,40,43-60H2,1-3H3/b10-7-,11-8-,19-16-,20-17-,28-25-,29-26-,34-32-,35-33-,41-38-,42-39-. The van der Waals surface area contributed by atoms with Crippen molar-refractivity contribution >= 4 is 17.9 Å². The minimum Gasteiger partial charge on any atom is -0.462 e. The van der Waals surface area contributed by atoms with Gasteiger partial charge in [0.2, 0.25) is 0 Å². The van der Waals surface area contributed by atoms with Crippen LogP contribution in [0, 0.1) is 0 Å². The average molecular weight is 970 g/mol. The summed E-state index contributed by atoms with van der Waals surface area (Å²) in [5, 5.41) is 0. The number of ether oxygens (including phenoxy) is 3. The SMILES string of the molecule is CC/C=C\C/C=C\C/C=C\C/C=C\C/C=C\CCCCCC(=O)OCC(COC(=O)CCCCC/C=C\CCCCCCCCC)OC(=O)CCCCCCCC/C=C\C/C=C\C/C=C\C/C=C\CC. The molecule has 0 saturated carbocycles. The van der Waals surface area contributed by atoms with Crippen molar-refractivity contribution in [2.24, 2.45) is 0 Å². The minimum atomic E-state index is -0.810. The summed E-state index contributed by atoms with van der Waals surface area (Å²) in [7, 11) is 0. The second-order valence-electron chi connectivity index (χ2n) is 18.4. The highest BCUT2D eigenvalue weighted by Crippen LogP contribution is 2.13. The first-order valence-corrected chi connectivity index (χ1v) is 28.5. The Morgan fingerprint density at radius 2 is 0.557 bits per heavy atom. The molecule has 6 nitrogen and oxygen atoms in total. The maximum atomic E-state index is 12.9. The Labute approximate surface area is 431 Å². The van der Waals surface area contributed by atoms with Crippen LogP contribution in [-0.4, -0.2) is 37.2 Å². The maximum absolute atomic E-state index is 12.9. The van der Waals surface area contributed by atoms with Crippen LogP contribution in [0.4, 0.5) is 0 Å². The molecule has 0 aromatic carbocycles. The zero-order valence-electron chi connectivity index (χ0n) is 45.2. The number of hydrogen-bond acceptors (Lipinski definition) is 6. The van der Waals surface area contributed by atoms with Gasteiger partial charge in [0, 0.05) is 19.3 Å². The van der Waals surface area contributed by atoms with Crippen LogP contribution in [0.1, 0.15) is 245 Å². The van der Waals surface area contributed by atoms with Crippen molar-refractivity contribution in [2.75, 3.05) is 13.2 Å². The fourth-order valence-electron chi connectivity index (χ4n) is 7.45. The second-order valence-corrected chi connectivity index (χ2v) is 18.4. The average Bonchev–Trinajstić information content (AvgIpc) is 3.36. The molecule has 1 atom stereocenters. The van der Waals surface area contributed by atoms with Crippen LogP contribution >= 0.6 is 0 Å². The Balaban J connectivity index is 4.51. The van der Waals surface area contributed by atoms with Crippen LogP contribution in [0.15, 0.2) is 122 Å². The van der Waals surface area contributed by atoms with E-state index in [9.17, 15) is 14.4 Å². The van der Waals surface area contributed by atoms with Crippen molar-refractivity contribution in [3.05, 3.63) is 122 Å². The number of carbonyl (C=O) groups excluding carboxylic acids is 3. The minimum absolute atomic E-state index is 0.105. The molecule has 0 aromatic rings. The molecule has 0 bridgehead atoms. The Morgan fingerprint density at radius 3 is 0.900 bits per heavy atom. The summed E-state index contributed by atoms with van der Waals surface area (Å²) in [6, 6.07) is 0. The number of allylic oxidation sites excluding steroid dienone is 20. The summed E-state index contributed by atoms with van der Waals surface area (Å²) >= 11 is 0. The van der Waals surface area contributed by atoms with Crippen molar-refractivity contribution < 1.29 is 28.6 Å². The molecule has 0 aliphatic carbocycles. The Kier molecular flexibility index (Phi) is 54.0. The molecule has 0 aliphatic heterocycles. The van der Waals surface area contributed by atoms with Gasteiger partial charge in [-0.25, -0.2) is 0 Å². The van der Waals surface area contributed by atoms with E-state index in [-0.39, 0.29) is 31.1 Å². The van der Waals surface area contributed by atoms with Crippen LogP contribution in [0.5, 0.6) is 0 Å². The van der Waals surface area contributed by atoms with Crippen LogP contribution in [0.25, 0.3) is 0 Å². The van der Waals surface area contributed by atoms with E-state index < -0.39 is 6.10 Å². The van der Waals surface area contributed by atoms with E-state index in [1.54, 1.807) is 0 Å².